The molecule has 0 aromatic heterocycles. The Labute approximate surface area is 98.0 Å². The molecule has 0 aliphatic heterocycles. The van der Waals surface area contributed by atoms with Crippen LogP contribution in [-0.4, -0.2) is 48.2 Å². The fourth-order valence-corrected chi connectivity index (χ4v) is 2.34. The molecule has 0 saturated heterocycles. The Balaban J connectivity index is 2.27. The zero-order valence-electron chi connectivity index (χ0n) is 10.4. The van der Waals surface area contributed by atoms with Crippen molar-refractivity contribution in [3.05, 3.63) is 0 Å². The monoisotopic (exact) mass is 228 g/mol. The van der Waals surface area contributed by atoms with Crippen LogP contribution in [0.3, 0.4) is 0 Å². The van der Waals surface area contributed by atoms with Crippen LogP contribution in [0.2, 0.25) is 0 Å². The van der Waals surface area contributed by atoms with Crippen molar-refractivity contribution in [2.45, 2.75) is 51.2 Å². The van der Waals surface area contributed by atoms with E-state index in [1.165, 1.54) is 6.42 Å². The normalized spacial score (nSPS) is 25.8. The van der Waals surface area contributed by atoms with E-state index in [0.29, 0.717) is 13.0 Å². The molecule has 1 aliphatic carbocycles. The molecule has 1 amide bonds. The van der Waals surface area contributed by atoms with Gasteiger partial charge < -0.3 is 15.3 Å². The van der Waals surface area contributed by atoms with E-state index < -0.39 is 0 Å². The maximum atomic E-state index is 11.3. The van der Waals surface area contributed by atoms with Crippen LogP contribution in [0.4, 0.5) is 0 Å². The van der Waals surface area contributed by atoms with Crippen LogP contribution in [0.1, 0.15) is 39.0 Å². The highest BCUT2D eigenvalue weighted by Crippen LogP contribution is 2.22. The van der Waals surface area contributed by atoms with Crippen LogP contribution in [0.15, 0.2) is 0 Å². The molecular weight excluding hydrogens is 204 g/mol. The molecule has 2 atom stereocenters. The molecule has 1 rings (SSSR count). The second-order valence-corrected chi connectivity index (χ2v) is 4.60. The summed E-state index contributed by atoms with van der Waals surface area (Å²) in [5.41, 5.74) is 0. The summed E-state index contributed by atoms with van der Waals surface area (Å²) < 4.78 is 0. The maximum absolute atomic E-state index is 11.3. The van der Waals surface area contributed by atoms with Gasteiger partial charge in [0.15, 0.2) is 0 Å². The highest BCUT2D eigenvalue weighted by Gasteiger charge is 2.26. The van der Waals surface area contributed by atoms with Gasteiger partial charge in [-0.25, -0.2) is 0 Å². The van der Waals surface area contributed by atoms with E-state index >= 15 is 0 Å². The zero-order valence-corrected chi connectivity index (χ0v) is 10.4. The SMILES string of the molecule is CCNC(=O)CCN(C)C1CCCCC1O. The van der Waals surface area contributed by atoms with Crippen LogP contribution >= 0.6 is 0 Å². The standard InChI is InChI=1S/C12H24N2O2/c1-3-13-12(16)8-9-14(2)10-6-4-5-7-11(10)15/h10-11,15H,3-9H2,1-2H3,(H,13,16). The summed E-state index contributed by atoms with van der Waals surface area (Å²) in [5, 5.41) is 12.7. The van der Waals surface area contributed by atoms with Crippen molar-refractivity contribution in [1.29, 1.82) is 0 Å². The molecule has 0 spiro atoms. The summed E-state index contributed by atoms with van der Waals surface area (Å²) in [6, 6.07) is 0.239. The molecule has 2 unspecified atom stereocenters. The molecule has 0 aromatic carbocycles. The Morgan fingerprint density at radius 2 is 2.12 bits per heavy atom. The number of nitrogens with one attached hydrogen (secondary N) is 1. The van der Waals surface area contributed by atoms with E-state index in [9.17, 15) is 9.90 Å². The van der Waals surface area contributed by atoms with Gasteiger partial charge in [0, 0.05) is 25.6 Å². The van der Waals surface area contributed by atoms with Gasteiger partial charge in [-0.1, -0.05) is 12.8 Å². The van der Waals surface area contributed by atoms with Gasteiger partial charge >= 0.3 is 0 Å². The highest BCUT2D eigenvalue weighted by molar-refractivity contribution is 5.75. The zero-order chi connectivity index (χ0) is 12.0. The number of aliphatic hydroxyl groups excluding tert-OH is 1. The topological polar surface area (TPSA) is 52.6 Å². The van der Waals surface area contributed by atoms with Crippen molar-refractivity contribution in [1.82, 2.24) is 10.2 Å². The molecule has 1 fully saturated rings. The Morgan fingerprint density at radius 3 is 2.75 bits per heavy atom. The van der Waals surface area contributed by atoms with Crippen molar-refractivity contribution in [2.75, 3.05) is 20.1 Å². The van der Waals surface area contributed by atoms with E-state index in [4.69, 9.17) is 0 Å². The lowest BCUT2D eigenvalue weighted by Crippen LogP contribution is -2.44. The first-order chi connectivity index (χ1) is 7.65. The number of hydrogen-bond acceptors (Lipinski definition) is 3. The lowest BCUT2D eigenvalue weighted by molar-refractivity contribution is -0.121. The van der Waals surface area contributed by atoms with Crippen molar-refractivity contribution in [3.8, 4) is 0 Å². The molecule has 0 bridgehead atoms. The van der Waals surface area contributed by atoms with Gasteiger partial charge in [0.2, 0.25) is 5.91 Å². The van der Waals surface area contributed by atoms with E-state index in [2.05, 4.69) is 10.2 Å². The lowest BCUT2D eigenvalue weighted by atomic mass is 9.91. The van der Waals surface area contributed by atoms with Crippen molar-refractivity contribution in [2.24, 2.45) is 0 Å². The van der Waals surface area contributed by atoms with E-state index in [1.807, 2.05) is 14.0 Å². The second-order valence-electron chi connectivity index (χ2n) is 4.60. The van der Waals surface area contributed by atoms with Crippen molar-refractivity contribution >= 4 is 5.91 Å². The smallest absolute Gasteiger partial charge is 0.221 e. The quantitative estimate of drug-likeness (QED) is 0.730. The fraction of sp³-hybridized carbons (Fsp3) is 0.917. The third kappa shape index (κ3) is 4.10. The van der Waals surface area contributed by atoms with Crippen molar-refractivity contribution < 1.29 is 9.90 Å². The van der Waals surface area contributed by atoms with Gasteiger partial charge in [0.05, 0.1) is 6.10 Å². The molecule has 2 N–H and O–H groups in total. The minimum Gasteiger partial charge on any atom is -0.391 e. The molecule has 94 valence electrons. The van der Waals surface area contributed by atoms with Gasteiger partial charge in [0.25, 0.3) is 0 Å². The van der Waals surface area contributed by atoms with Gasteiger partial charge in [0.1, 0.15) is 0 Å². The van der Waals surface area contributed by atoms with Crippen molar-refractivity contribution in [3.63, 3.8) is 0 Å². The Bertz CT molecular complexity index is 221. The van der Waals surface area contributed by atoms with Crippen LogP contribution in [0.5, 0.6) is 0 Å². The van der Waals surface area contributed by atoms with Crippen LogP contribution in [0.25, 0.3) is 0 Å². The number of rotatable bonds is 5. The van der Waals surface area contributed by atoms with Crippen LogP contribution < -0.4 is 5.32 Å². The number of carbonyl (C=O) groups excluding carboxylic acids is 1. The van der Waals surface area contributed by atoms with E-state index in [1.54, 1.807) is 0 Å². The van der Waals surface area contributed by atoms with Gasteiger partial charge in [-0.3, -0.25) is 4.79 Å². The molecule has 4 nitrogen and oxygen atoms in total. The van der Waals surface area contributed by atoms with Gasteiger partial charge in [-0.15, -0.1) is 0 Å². The molecule has 0 heterocycles. The molecular formula is C12H24N2O2. The summed E-state index contributed by atoms with van der Waals surface area (Å²) in [7, 11) is 2.00. The third-order valence-electron chi connectivity index (χ3n) is 3.33. The fourth-order valence-electron chi connectivity index (χ4n) is 2.34. The summed E-state index contributed by atoms with van der Waals surface area (Å²) in [4.78, 5) is 13.4. The number of nitrogens with zero attached hydrogens (tertiary/aromatic N) is 1. The third-order valence-corrected chi connectivity index (χ3v) is 3.33. The Kier molecular flexibility index (Phi) is 5.77. The number of likely N-dealkylation sites (N-methyl/N-ethyl adjacent to an activating group) is 1. The van der Waals surface area contributed by atoms with Crippen LogP contribution in [-0.2, 0) is 4.79 Å². The molecule has 16 heavy (non-hydrogen) atoms. The summed E-state index contributed by atoms with van der Waals surface area (Å²) in [6.07, 6.45) is 4.57. The minimum atomic E-state index is -0.215. The predicted molar refractivity (Wildman–Crippen MR) is 64.2 cm³/mol. The molecule has 1 saturated carbocycles. The lowest BCUT2D eigenvalue weighted by Gasteiger charge is -2.35. The number of amides is 1. The first-order valence-corrected chi connectivity index (χ1v) is 6.30. The molecule has 4 heteroatoms. The summed E-state index contributed by atoms with van der Waals surface area (Å²) >= 11 is 0. The minimum absolute atomic E-state index is 0.0969. The highest BCUT2D eigenvalue weighted by atomic mass is 16.3. The number of aliphatic hydroxyl groups is 1. The molecule has 0 radical (unpaired) electrons. The first kappa shape index (κ1) is 13.5. The van der Waals surface area contributed by atoms with Crippen LogP contribution in [0, 0.1) is 0 Å². The predicted octanol–water partition coefficient (Wildman–Crippen LogP) is 0.748. The van der Waals surface area contributed by atoms with E-state index in [-0.39, 0.29) is 18.1 Å². The average molecular weight is 228 g/mol. The number of hydrogen-bond donors (Lipinski definition) is 2. The number of carbonyl (C=O) groups is 1. The summed E-state index contributed by atoms with van der Waals surface area (Å²) in [6.45, 7) is 3.34. The molecule has 0 aromatic rings. The summed E-state index contributed by atoms with van der Waals surface area (Å²) in [5.74, 6) is 0.0969. The van der Waals surface area contributed by atoms with Gasteiger partial charge in [-0.05, 0) is 26.8 Å². The Hall–Kier alpha value is -0.610. The second kappa shape index (κ2) is 6.86. The largest absolute Gasteiger partial charge is 0.391 e. The maximum Gasteiger partial charge on any atom is 0.221 e. The first-order valence-electron chi connectivity index (χ1n) is 6.30. The van der Waals surface area contributed by atoms with Gasteiger partial charge in [-0.2, -0.15) is 0 Å². The van der Waals surface area contributed by atoms with E-state index in [0.717, 1.165) is 25.8 Å². The average Bonchev–Trinajstić information content (AvgIpc) is 2.27. The Morgan fingerprint density at radius 1 is 1.44 bits per heavy atom. The molecule has 1 aliphatic rings.